The molecule has 0 aromatic carbocycles. The highest BCUT2D eigenvalue weighted by Crippen LogP contribution is 2.34. The van der Waals surface area contributed by atoms with Crippen LogP contribution in [0.2, 0.25) is 0 Å². The highest BCUT2D eigenvalue weighted by Gasteiger charge is 2.36. The lowest BCUT2D eigenvalue weighted by atomic mass is 9.80. The predicted molar refractivity (Wildman–Crippen MR) is 56.3 cm³/mol. The molecule has 76 valence electrons. The Morgan fingerprint density at radius 3 is 2.86 bits per heavy atom. The van der Waals surface area contributed by atoms with Crippen LogP contribution in [-0.4, -0.2) is 24.2 Å². The van der Waals surface area contributed by atoms with Crippen molar-refractivity contribution in [1.29, 1.82) is 0 Å². The summed E-state index contributed by atoms with van der Waals surface area (Å²) in [6.45, 7) is 0.862. The summed E-state index contributed by atoms with van der Waals surface area (Å²) in [6, 6.07) is 5.87. The van der Waals surface area contributed by atoms with Crippen molar-refractivity contribution in [1.82, 2.24) is 4.98 Å². The summed E-state index contributed by atoms with van der Waals surface area (Å²) < 4.78 is 5.51. The maximum Gasteiger partial charge on any atom is 0.125 e. The van der Waals surface area contributed by atoms with Crippen molar-refractivity contribution < 1.29 is 4.74 Å². The molecule has 14 heavy (non-hydrogen) atoms. The first-order valence-electron chi connectivity index (χ1n) is 5.05. The van der Waals surface area contributed by atoms with Gasteiger partial charge in [-0.1, -0.05) is 6.07 Å². The molecule has 1 aromatic heterocycles. The van der Waals surface area contributed by atoms with E-state index in [1.807, 2.05) is 18.2 Å². The minimum atomic E-state index is 0.0670. The van der Waals surface area contributed by atoms with E-state index in [1.54, 1.807) is 13.3 Å². The van der Waals surface area contributed by atoms with Crippen LogP contribution in [0.15, 0.2) is 24.4 Å². The normalized spacial score (nSPS) is 18.6. The second-order valence-electron chi connectivity index (χ2n) is 3.81. The van der Waals surface area contributed by atoms with Gasteiger partial charge < -0.3 is 10.1 Å². The third-order valence-electron chi connectivity index (χ3n) is 2.95. The Balaban J connectivity index is 1.88. The first-order valence-corrected chi connectivity index (χ1v) is 5.05. The van der Waals surface area contributed by atoms with Crippen molar-refractivity contribution >= 4 is 5.82 Å². The quantitative estimate of drug-likeness (QED) is 0.793. The lowest BCUT2D eigenvalue weighted by molar-refractivity contribution is -0.0601. The van der Waals surface area contributed by atoms with Crippen molar-refractivity contribution in [3.63, 3.8) is 0 Å². The SMILES string of the molecule is COC1(CNc2ccccn2)CCC1. The number of nitrogens with one attached hydrogen (secondary N) is 1. The van der Waals surface area contributed by atoms with Crippen LogP contribution >= 0.6 is 0 Å². The molecule has 1 N–H and O–H groups in total. The van der Waals surface area contributed by atoms with Gasteiger partial charge >= 0.3 is 0 Å². The molecule has 2 rings (SSSR count). The van der Waals surface area contributed by atoms with Gasteiger partial charge in [0, 0.05) is 19.9 Å². The third-order valence-corrected chi connectivity index (χ3v) is 2.95. The molecule has 0 unspecified atom stereocenters. The van der Waals surface area contributed by atoms with Crippen molar-refractivity contribution in [3.05, 3.63) is 24.4 Å². The van der Waals surface area contributed by atoms with Crippen molar-refractivity contribution in [2.45, 2.75) is 24.9 Å². The number of hydrogen-bond donors (Lipinski definition) is 1. The fourth-order valence-electron chi connectivity index (χ4n) is 1.74. The summed E-state index contributed by atoms with van der Waals surface area (Å²) >= 11 is 0. The van der Waals surface area contributed by atoms with E-state index in [2.05, 4.69) is 10.3 Å². The van der Waals surface area contributed by atoms with Gasteiger partial charge in [0.15, 0.2) is 0 Å². The first kappa shape index (κ1) is 9.46. The minimum Gasteiger partial charge on any atom is -0.376 e. The number of rotatable bonds is 4. The van der Waals surface area contributed by atoms with Crippen molar-refractivity contribution in [2.24, 2.45) is 0 Å². The predicted octanol–water partition coefficient (Wildman–Crippen LogP) is 2.06. The standard InChI is InChI=1S/C11H16N2O/c1-14-11(6-4-7-11)9-13-10-5-2-3-8-12-10/h2-3,5,8H,4,6-7,9H2,1H3,(H,12,13). The lowest BCUT2D eigenvalue weighted by Crippen LogP contribution is -2.45. The van der Waals surface area contributed by atoms with E-state index >= 15 is 0 Å². The van der Waals surface area contributed by atoms with Gasteiger partial charge in [-0.25, -0.2) is 4.98 Å². The minimum absolute atomic E-state index is 0.0670. The summed E-state index contributed by atoms with van der Waals surface area (Å²) in [5, 5.41) is 3.30. The van der Waals surface area contributed by atoms with Gasteiger partial charge in [0.2, 0.25) is 0 Å². The Bertz CT molecular complexity index is 277. The van der Waals surface area contributed by atoms with Crippen molar-refractivity contribution in [2.75, 3.05) is 19.0 Å². The molecule has 1 aliphatic carbocycles. The van der Waals surface area contributed by atoms with Crippen LogP contribution in [0.25, 0.3) is 0 Å². The molecule has 0 saturated heterocycles. The molecule has 1 fully saturated rings. The van der Waals surface area contributed by atoms with Crippen LogP contribution in [0.3, 0.4) is 0 Å². The second-order valence-corrected chi connectivity index (χ2v) is 3.81. The van der Waals surface area contributed by atoms with E-state index < -0.39 is 0 Å². The summed E-state index contributed by atoms with van der Waals surface area (Å²) in [6.07, 6.45) is 5.38. The van der Waals surface area contributed by atoms with Gasteiger partial charge in [0.05, 0.1) is 5.60 Å². The zero-order valence-corrected chi connectivity index (χ0v) is 8.49. The average Bonchev–Trinajstić information content (AvgIpc) is 2.19. The fraction of sp³-hybridized carbons (Fsp3) is 0.545. The molecular formula is C11H16N2O. The van der Waals surface area contributed by atoms with Gasteiger partial charge in [-0.05, 0) is 31.4 Å². The van der Waals surface area contributed by atoms with Gasteiger partial charge in [0.25, 0.3) is 0 Å². The maximum absolute atomic E-state index is 5.51. The van der Waals surface area contributed by atoms with E-state index in [4.69, 9.17) is 4.74 Å². The summed E-state index contributed by atoms with van der Waals surface area (Å²) in [5.41, 5.74) is 0.0670. The average molecular weight is 192 g/mol. The molecular weight excluding hydrogens is 176 g/mol. The number of ether oxygens (including phenoxy) is 1. The molecule has 0 spiro atoms. The van der Waals surface area contributed by atoms with Crippen LogP contribution in [0.5, 0.6) is 0 Å². The Morgan fingerprint density at radius 1 is 1.50 bits per heavy atom. The van der Waals surface area contributed by atoms with Gasteiger partial charge in [-0.2, -0.15) is 0 Å². The van der Waals surface area contributed by atoms with Crippen LogP contribution in [0.1, 0.15) is 19.3 Å². The van der Waals surface area contributed by atoms with E-state index in [-0.39, 0.29) is 5.60 Å². The fourth-order valence-corrected chi connectivity index (χ4v) is 1.74. The molecule has 1 aliphatic rings. The molecule has 0 aliphatic heterocycles. The number of pyridine rings is 1. The Morgan fingerprint density at radius 2 is 2.36 bits per heavy atom. The molecule has 3 heteroatoms. The third kappa shape index (κ3) is 1.87. The van der Waals surface area contributed by atoms with Gasteiger partial charge in [-0.3, -0.25) is 0 Å². The number of nitrogens with zero attached hydrogens (tertiary/aromatic N) is 1. The van der Waals surface area contributed by atoms with E-state index in [0.29, 0.717) is 0 Å². The summed E-state index contributed by atoms with van der Waals surface area (Å²) in [5.74, 6) is 0.927. The maximum atomic E-state index is 5.51. The summed E-state index contributed by atoms with van der Waals surface area (Å²) in [7, 11) is 1.79. The van der Waals surface area contributed by atoms with E-state index in [1.165, 1.54) is 6.42 Å². The Labute approximate surface area is 84.5 Å². The molecule has 0 atom stereocenters. The number of anilines is 1. The van der Waals surface area contributed by atoms with Crippen molar-refractivity contribution in [3.8, 4) is 0 Å². The molecule has 1 heterocycles. The molecule has 0 bridgehead atoms. The Kier molecular flexibility index (Phi) is 2.68. The number of aromatic nitrogens is 1. The molecule has 3 nitrogen and oxygen atoms in total. The highest BCUT2D eigenvalue weighted by molar-refractivity contribution is 5.33. The Hall–Kier alpha value is -1.09. The van der Waals surface area contributed by atoms with Crippen LogP contribution in [0.4, 0.5) is 5.82 Å². The zero-order chi connectivity index (χ0) is 9.86. The monoisotopic (exact) mass is 192 g/mol. The largest absolute Gasteiger partial charge is 0.376 e. The van der Waals surface area contributed by atoms with Crippen LogP contribution in [-0.2, 0) is 4.74 Å². The molecule has 0 radical (unpaired) electrons. The topological polar surface area (TPSA) is 34.1 Å². The van der Waals surface area contributed by atoms with Crippen LogP contribution < -0.4 is 5.32 Å². The number of methoxy groups -OCH3 is 1. The van der Waals surface area contributed by atoms with Gasteiger partial charge in [0.1, 0.15) is 5.82 Å². The first-order chi connectivity index (χ1) is 6.85. The van der Waals surface area contributed by atoms with Gasteiger partial charge in [-0.15, -0.1) is 0 Å². The number of hydrogen-bond acceptors (Lipinski definition) is 3. The van der Waals surface area contributed by atoms with E-state index in [9.17, 15) is 0 Å². The summed E-state index contributed by atoms with van der Waals surface area (Å²) in [4.78, 5) is 4.21. The molecule has 1 saturated carbocycles. The smallest absolute Gasteiger partial charge is 0.125 e. The molecule has 1 aromatic rings. The second kappa shape index (κ2) is 3.96. The van der Waals surface area contributed by atoms with Crippen LogP contribution in [0, 0.1) is 0 Å². The zero-order valence-electron chi connectivity index (χ0n) is 8.49. The lowest BCUT2D eigenvalue weighted by Gasteiger charge is -2.40. The van der Waals surface area contributed by atoms with E-state index in [0.717, 1.165) is 25.2 Å². The highest BCUT2D eigenvalue weighted by atomic mass is 16.5. The molecule has 0 amide bonds.